The topological polar surface area (TPSA) is 128 Å². The second-order valence-electron chi connectivity index (χ2n) is 6.86. The van der Waals surface area contributed by atoms with Crippen LogP contribution in [0.3, 0.4) is 0 Å². The predicted molar refractivity (Wildman–Crippen MR) is 118 cm³/mol. The Balaban J connectivity index is 1.16. The van der Waals surface area contributed by atoms with Gasteiger partial charge in [0.05, 0.1) is 16.9 Å². The van der Waals surface area contributed by atoms with Crippen LogP contribution in [0, 0.1) is 11.3 Å². The van der Waals surface area contributed by atoms with Crippen molar-refractivity contribution < 1.29 is 13.6 Å². The summed E-state index contributed by atoms with van der Waals surface area (Å²) in [6.07, 6.45) is 1.52. The molecule has 1 saturated heterocycles. The Labute approximate surface area is 190 Å². The van der Waals surface area contributed by atoms with Crippen LogP contribution < -0.4 is 4.90 Å². The molecule has 1 aliphatic rings. The lowest BCUT2D eigenvalue weighted by Crippen LogP contribution is -2.49. The van der Waals surface area contributed by atoms with E-state index < -0.39 is 0 Å². The van der Waals surface area contributed by atoms with Crippen molar-refractivity contribution in [2.75, 3.05) is 36.8 Å². The largest absolute Gasteiger partial charge is 0.459 e. The van der Waals surface area contributed by atoms with Crippen LogP contribution >= 0.6 is 23.1 Å². The molecule has 4 aromatic rings. The van der Waals surface area contributed by atoms with Crippen LogP contribution in [0.25, 0.3) is 22.4 Å². The molecule has 1 N–H and O–H groups in total. The number of hydrogen-bond acceptors (Lipinski definition) is 10. The maximum Gasteiger partial charge on any atom is 0.266 e. The molecule has 0 spiro atoms. The molecule has 0 aromatic carbocycles. The van der Waals surface area contributed by atoms with E-state index in [0.29, 0.717) is 48.8 Å². The molecule has 5 heterocycles. The van der Waals surface area contributed by atoms with Crippen molar-refractivity contribution in [2.45, 2.75) is 5.16 Å². The minimum atomic E-state index is 0.0199. The van der Waals surface area contributed by atoms with Gasteiger partial charge in [-0.1, -0.05) is 17.8 Å². The van der Waals surface area contributed by atoms with Gasteiger partial charge in [-0.25, -0.2) is 4.98 Å². The first kappa shape index (κ1) is 20.3. The minimum Gasteiger partial charge on any atom is -0.459 e. The Kier molecular flexibility index (Phi) is 5.66. The van der Waals surface area contributed by atoms with Crippen LogP contribution in [0.4, 0.5) is 5.88 Å². The summed E-state index contributed by atoms with van der Waals surface area (Å²) in [5.41, 5.74) is 0.206. The third-order valence-corrected chi connectivity index (χ3v) is 6.62. The maximum absolute atomic E-state index is 12.7. The number of amides is 1. The molecule has 0 saturated carbocycles. The van der Waals surface area contributed by atoms with Crippen LogP contribution in [0.2, 0.25) is 0 Å². The molecule has 10 nitrogen and oxygen atoms in total. The van der Waals surface area contributed by atoms with Gasteiger partial charge in [0.2, 0.25) is 22.6 Å². The highest BCUT2D eigenvalue weighted by atomic mass is 32.2. The van der Waals surface area contributed by atoms with Gasteiger partial charge in [-0.05, 0) is 23.6 Å². The van der Waals surface area contributed by atoms with Crippen molar-refractivity contribution >= 4 is 34.9 Å². The number of oxazole rings is 1. The summed E-state index contributed by atoms with van der Waals surface area (Å²) in [4.78, 5) is 26.0. The molecule has 12 heteroatoms. The number of furan rings is 1. The van der Waals surface area contributed by atoms with E-state index in [9.17, 15) is 10.1 Å². The van der Waals surface area contributed by atoms with Crippen molar-refractivity contribution in [1.82, 2.24) is 25.1 Å². The van der Waals surface area contributed by atoms with Crippen LogP contribution in [0.5, 0.6) is 0 Å². The standard InChI is InChI=1S/C20H17N7O3S2/c21-11-13-19(30-18(22-13)14-3-1-9-29-14)27-7-5-26(6-8-27)16(28)12-32-20-23-17(24-25-20)15-4-2-10-31-15/h1-4,9-10H,5-8,12H2,(H,23,24,25). The Morgan fingerprint density at radius 1 is 1.25 bits per heavy atom. The van der Waals surface area contributed by atoms with Gasteiger partial charge in [-0.3, -0.25) is 9.89 Å². The molecular formula is C20H17N7O3S2. The number of aromatic amines is 1. The Morgan fingerprint density at radius 3 is 2.84 bits per heavy atom. The predicted octanol–water partition coefficient (Wildman–Crippen LogP) is 3.09. The molecule has 32 heavy (non-hydrogen) atoms. The lowest BCUT2D eigenvalue weighted by Gasteiger charge is -2.34. The molecule has 0 atom stereocenters. The molecule has 1 fully saturated rings. The summed E-state index contributed by atoms with van der Waals surface area (Å²) >= 11 is 2.89. The average Bonchev–Trinajstić information content (AvgIpc) is 3.63. The third-order valence-electron chi connectivity index (χ3n) is 4.91. The summed E-state index contributed by atoms with van der Waals surface area (Å²) in [6.45, 7) is 2.13. The number of carbonyl (C=O) groups excluding carboxylic acids is 1. The number of nitrogens with one attached hydrogen (secondary N) is 1. The first-order chi connectivity index (χ1) is 15.7. The SMILES string of the molecule is N#Cc1nc(-c2ccco2)oc1N1CCN(C(=O)CSc2n[nH]c(-c3cccs3)n2)CC1. The zero-order valence-corrected chi connectivity index (χ0v) is 18.4. The second-order valence-corrected chi connectivity index (χ2v) is 8.75. The smallest absolute Gasteiger partial charge is 0.266 e. The van der Waals surface area contributed by atoms with Gasteiger partial charge >= 0.3 is 0 Å². The van der Waals surface area contributed by atoms with E-state index in [1.54, 1.807) is 28.4 Å². The highest BCUT2D eigenvalue weighted by Crippen LogP contribution is 2.29. The van der Waals surface area contributed by atoms with Crippen molar-refractivity contribution in [3.8, 4) is 28.4 Å². The molecule has 0 radical (unpaired) electrons. The normalized spacial score (nSPS) is 14.0. The van der Waals surface area contributed by atoms with E-state index in [1.807, 2.05) is 22.4 Å². The molecule has 1 amide bonds. The summed E-state index contributed by atoms with van der Waals surface area (Å²) < 4.78 is 11.1. The molecular weight excluding hydrogens is 450 g/mol. The summed E-state index contributed by atoms with van der Waals surface area (Å²) in [6, 6.07) is 9.45. The Bertz CT molecular complexity index is 1230. The fourth-order valence-electron chi connectivity index (χ4n) is 3.32. The number of thioether (sulfide) groups is 1. The quantitative estimate of drug-likeness (QED) is 0.425. The number of hydrogen-bond donors (Lipinski definition) is 1. The van der Waals surface area contributed by atoms with Crippen LogP contribution in [-0.4, -0.2) is 62.9 Å². The zero-order valence-electron chi connectivity index (χ0n) is 16.7. The number of anilines is 1. The molecule has 0 aliphatic carbocycles. The van der Waals surface area contributed by atoms with Gasteiger partial charge in [0, 0.05) is 26.2 Å². The molecule has 0 bridgehead atoms. The van der Waals surface area contributed by atoms with Crippen molar-refractivity contribution in [3.63, 3.8) is 0 Å². The molecule has 1 aliphatic heterocycles. The van der Waals surface area contributed by atoms with Crippen LogP contribution in [0.15, 0.2) is 49.9 Å². The third kappa shape index (κ3) is 4.12. The van der Waals surface area contributed by atoms with Crippen molar-refractivity contribution in [2.24, 2.45) is 0 Å². The highest BCUT2D eigenvalue weighted by molar-refractivity contribution is 7.99. The summed E-state index contributed by atoms with van der Waals surface area (Å²) in [5, 5.41) is 19.0. The molecule has 162 valence electrons. The van der Waals surface area contributed by atoms with E-state index in [0.717, 1.165) is 4.88 Å². The fourth-order valence-corrected chi connectivity index (χ4v) is 4.68. The Morgan fingerprint density at radius 2 is 2.12 bits per heavy atom. The van der Waals surface area contributed by atoms with Gasteiger partial charge in [0.25, 0.3) is 5.89 Å². The lowest BCUT2D eigenvalue weighted by atomic mass is 10.3. The van der Waals surface area contributed by atoms with E-state index in [4.69, 9.17) is 8.83 Å². The molecule has 5 rings (SSSR count). The van der Waals surface area contributed by atoms with Gasteiger partial charge in [0.15, 0.2) is 11.6 Å². The number of nitriles is 1. The number of aromatic nitrogens is 4. The molecule has 0 unspecified atom stereocenters. The molecule has 4 aromatic heterocycles. The number of thiophene rings is 1. The zero-order chi connectivity index (χ0) is 21.9. The van der Waals surface area contributed by atoms with E-state index in [1.165, 1.54) is 18.0 Å². The van der Waals surface area contributed by atoms with Crippen LogP contribution in [0.1, 0.15) is 5.69 Å². The number of H-pyrrole nitrogens is 1. The first-order valence-corrected chi connectivity index (χ1v) is 11.6. The average molecular weight is 468 g/mol. The minimum absolute atomic E-state index is 0.0199. The lowest BCUT2D eigenvalue weighted by molar-refractivity contribution is -0.128. The van der Waals surface area contributed by atoms with E-state index >= 15 is 0 Å². The van der Waals surface area contributed by atoms with E-state index in [2.05, 4.69) is 26.2 Å². The number of carbonyl (C=O) groups is 1. The van der Waals surface area contributed by atoms with Gasteiger partial charge in [-0.2, -0.15) is 10.2 Å². The van der Waals surface area contributed by atoms with E-state index in [-0.39, 0.29) is 23.2 Å². The monoisotopic (exact) mass is 467 g/mol. The maximum atomic E-state index is 12.7. The number of rotatable bonds is 6. The number of nitrogens with zero attached hydrogens (tertiary/aromatic N) is 6. The fraction of sp³-hybridized carbons (Fsp3) is 0.250. The van der Waals surface area contributed by atoms with Gasteiger partial charge < -0.3 is 18.6 Å². The summed E-state index contributed by atoms with van der Waals surface area (Å²) in [5.74, 6) is 2.13. The number of piperazine rings is 1. The van der Waals surface area contributed by atoms with Crippen LogP contribution in [-0.2, 0) is 4.79 Å². The van der Waals surface area contributed by atoms with Crippen molar-refractivity contribution in [3.05, 3.63) is 41.6 Å². The first-order valence-electron chi connectivity index (χ1n) is 9.78. The highest BCUT2D eigenvalue weighted by Gasteiger charge is 2.27. The van der Waals surface area contributed by atoms with Crippen molar-refractivity contribution in [1.29, 1.82) is 5.26 Å². The Hall–Kier alpha value is -3.56. The second kappa shape index (κ2) is 8.89. The van der Waals surface area contributed by atoms with Gasteiger partial charge in [-0.15, -0.1) is 16.4 Å². The summed E-state index contributed by atoms with van der Waals surface area (Å²) in [7, 11) is 0. The van der Waals surface area contributed by atoms with Gasteiger partial charge in [0.1, 0.15) is 6.07 Å².